The minimum Gasteiger partial charge on any atom is -0.228 e. The number of hydrogen-bond donors (Lipinski definition) is 0. The van der Waals surface area contributed by atoms with Crippen molar-refractivity contribution in [3.63, 3.8) is 0 Å². The van der Waals surface area contributed by atoms with E-state index in [0.29, 0.717) is 6.42 Å². The number of sulfone groups is 1. The lowest BCUT2D eigenvalue weighted by molar-refractivity contribution is 0.569. The summed E-state index contributed by atoms with van der Waals surface area (Å²) in [6, 6.07) is 0. The predicted molar refractivity (Wildman–Crippen MR) is 46.1 cm³/mol. The molecule has 0 amide bonds. The van der Waals surface area contributed by atoms with Crippen molar-refractivity contribution < 1.29 is 8.42 Å². The molecule has 0 aromatic heterocycles. The molecule has 62 valence electrons. The second-order valence-electron chi connectivity index (χ2n) is 3.08. The molecule has 0 aromatic rings. The molecule has 2 nitrogen and oxygen atoms in total. The Balaban J connectivity index is 3.04. The van der Waals surface area contributed by atoms with Gasteiger partial charge in [0.2, 0.25) is 0 Å². The van der Waals surface area contributed by atoms with E-state index >= 15 is 0 Å². The van der Waals surface area contributed by atoms with E-state index in [1.165, 1.54) is 6.26 Å². The van der Waals surface area contributed by atoms with E-state index in [2.05, 4.69) is 0 Å². The van der Waals surface area contributed by atoms with Gasteiger partial charge >= 0.3 is 0 Å². The van der Waals surface area contributed by atoms with Crippen LogP contribution < -0.4 is 0 Å². The van der Waals surface area contributed by atoms with Gasteiger partial charge in [0.15, 0.2) is 9.84 Å². The van der Waals surface area contributed by atoms with Gasteiger partial charge in [0, 0.05) is 6.26 Å². The van der Waals surface area contributed by atoms with Gasteiger partial charge in [-0.3, -0.25) is 0 Å². The van der Waals surface area contributed by atoms with E-state index in [-0.39, 0.29) is 0 Å². The van der Waals surface area contributed by atoms with E-state index in [1.54, 1.807) is 19.1 Å². The van der Waals surface area contributed by atoms with Crippen LogP contribution in [0.3, 0.4) is 0 Å². The molecule has 0 radical (unpaired) electrons. The third-order valence-corrected chi connectivity index (χ3v) is 4.06. The van der Waals surface area contributed by atoms with Gasteiger partial charge in [-0.1, -0.05) is 24.3 Å². The van der Waals surface area contributed by atoms with Crippen LogP contribution in [0.25, 0.3) is 0 Å². The molecule has 1 atom stereocenters. The Kier molecular flexibility index (Phi) is 1.92. The van der Waals surface area contributed by atoms with Crippen molar-refractivity contribution in [3.8, 4) is 0 Å². The molecule has 1 aliphatic rings. The van der Waals surface area contributed by atoms with Crippen LogP contribution in [0.15, 0.2) is 24.3 Å². The third-order valence-electron chi connectivity index (χ3n) is 2.07. The van der Waals surface area contributed by atoms with Crippen molar-refractivity contribution in [1.29, 1.82) is 0 Å². The maximum Gasteiger partial charge on any atom is 0.156 e. The standard InChI is InChI=1S/C8H12O2S/c1-8(11(2,9)10)6-4-3-5-7-8/h3-6H,7H2,1-2H3. The van der Waals surface area contributed by atoms with E-state index < -0.39 is 14.6 Å². The highest BCUT2D eigenvalue weighted by molar-refractivity contribution is 7.92. The molecular weight excluding hydrogens is 160 g/mol. The van der Waals surface area contributed by atoms with Crippen LogP contribution in [0.1, 0.15) is 13.3 Å². The summed E-state index contributed by atoms with van der Waals surface area (Å²) in [7, 11) is -2.96. The van der Waals surface area contributed by atoms with Gasteiger partial charge < -0.3 is 0 Å². The summed E-state index contributed by atoms with van der Waals surface area (Å²) in [4.78, 5) is 0. The molecule has 0 aliphatic heterocycles. The molecule has 1 aliphatic carbocycles. The lowest BCUT2D eigenvalue weighted by atomic mass is 10.0. The van der Waals surface area contributed by atoms with E-state index in [1.807, 2.05) is 12.2 Å². The van der Waals surface area contributed by atoms with Crippen LogP contribution >= 0.6 is 0 Å². The SMILES string of the molecule is CC1(S(C)(=O)=O)C=CC=CC1. The fourth-order valence-corrected chi connectivity index (χ4v) is 1.71. The molecule has 1 unspecified atom stereocenters. The first kappa shape index (κ1) is 8.53. The zero-order valence-corrected chi connectivity index (χ0v) is 7.56. The van der Waals surface area contributed by atoms with Crippen molar-refractivity contribution in [2.75, 3.05) is 6.26 Å². The minimum absolute atomic E-state index is 0.586. The van der Waals surface area contributed by atoms with Crippen LogP contribution in [0.2, 0.25) is 0 Å². The molecule has 0 bridgehead atoms. The van der Waals surface area contributed by atoms with Crippen molar-refractivity contribution in [3.05, 3.63) is 24.3 Å². The van der Waals surface area contributed by atoms with Crippen LogP contribution in [0, 0.1) is 0 Å². The van der Waals surface area contributed by atoms with Crippen LogP contribution in [0.4, 0.5) is 0 Å². The first-order chi connectivity index (χ1) is 4.96. The molecule has 0 saturated heterocycles. The van der Waals surface area contributed by atoms with Gasteiger partial charge in [0.25, 0.3) is 0 Å². The topological polar surface area (TPSA) is 34.1 Å². The molecule has 1 rings (SSSR count). The molecule has 0 aromatic carbocycles. The van der Waals surface area contributed by atoms with Crippen molar-refractivity contribution in [2.45, 2.75) is 18.1 Å². The molecule has 0 fully saturated rings. The highest BCUT2D eigenvalue weighted by atomic mass is 32.2. The summed E-state index contributed by atoms with van der Waals surface area (Å²) in [5.41, 5.74) is 0. The quantitative estimate of drug-likeness (QED) is 0.597. The molecule has 0 heterocycles. The zero-order chi connectivity index (χ0) is 8.54. The van der Waals surface area contributed by atoms with Crippen LogP contribution in [0.5, 0.6) is 0 Å². The second-order valence-corrected chi connectivity index (χ2v) is 5.55. The van der Waals surface area contributed by atoms with Gasteiger partial charge in [0.05, 0.1) is 4.75 Å². The normalized spacial score (nSPS) is 30.7. The first-order valence-electron chi connectivity index (χ1n) is 3.50. The van der Waals surface area contributed by atoms with Gasteiger partial charge in [0.1, 0.15) is 0 Å². The first-order valence-corrected chi connectivity index (χ1v) is 5.39. The fraction of sp³-hybridized carbons (Fsp3) is 0.500. The summed E-state index contributed by atoms with van der Waals surface area (Å²) in [5, 5.41) is 0. The highest BCUT2D eigenvalue weighted by Gasteiger charge is 2.32. The summed E-state index contributed by atoms with van der Waals surface area (Å²) < 4.78 is 21.8. The second kappa shape index (κ2) is 2.48. The molecule has 3 heteroatoms. The molecule has 0 N–H and O–H groups in total. The predicted octanol–water partition coefficient (Wildman–Crippen LogP) is 1.31. The Morgan fingerprint density at radius 1 is 1.36 bits per heavy atom. The summed E-state index contributed by atoms with van der Waals surface area (Å²) in [6.07, 6.45) is 9.12. The van der Waals surface area contributed by atoms with Crippen molar-refractivity contribution >= 4 is 9.84 Å². The van der Waals surface area contributed by atoms with E-state index in [9.17, 15) is 8.42 Å². The van der Waals surface area contributed by atoms with Gasteiger partial charge in [-0.05, 0) is 13.3 Å². The highest BCUT2D eigenvalue weighted by Crippen LogP contribution is 2.25. The lowest BCUT2D eigenvalue weighted by Gasteiger charge is -2.23. The van der Waals surface area contributed by atoms with Gasteiger partial charge in [-0.2, -0.15) is 0 Å². The monoisotopic (exact) mass is 172 g/mol. The van der Waals surface area contributed by atoms with Gasteiger partial charge in [-0.15, -0.1) is 0 Å². The average Bonchev–Trinajstić information content (AvgIpc) is 1.87. The lowest BCUT2D eigenvalue weighted by Crippen LogP contribution is -2.32. The Hall–Kier alpha value is -0.570. The van der Waals surface area contributed by atoms with Crippen molar-refractivity contribution in [2.24, 2.45) is 0 Å². The molecular formula is C8H12O2S. The third kappa shape index (κ3) is 1.53. The Labute approximate surface area is 67.5 Å². The number of rotatable bonds is 1. The molecule has 0 spiro atoms. The Morgan fingerprint density at radius 3 is 2.27 bits per heavy atom. The smallest absolute Gasteiger partial charge is 0.156 e. The Bertz CT molecular complexity index is 298. The summed E-state index contributed by atoms with van der Waals surface area (Å²) in [5.74, 6) is 0. The molecule has 11 heavy (non-hydrogen) atoms. The number of hydrogen-bond acceptors (Lipinski definition) is 2. The minimum atomic E-state index is -2.96. The molecule has 0 saturated carbocycles. The maximum absolute atomic E-state index is 11.2. The summed E-state index contributed by atoms with van der Waals surface area (Å²) in [6.45, 7) is 1.74. The van der Waals surface area contributed by atoms with E-state index in [0.717, 1.165) is 0 Å². The Morgan fingerprint density at radius 2 is 2.00 bits per heavy atom. The van der Waals surface area contributed by atoms with Crippen molar-refractivity contribution in [1.82, 2.24) is 0 Å². The summed E-state index contributed by atoms with van der Waals surface area (Å²) >= 11 is 0. The number of allylic oxidation sites excluding steroid dienone is 3. The zero-order valence-electron chi connectivity index (χ0n) is 6.74. The maximum atomic E-state index is 11.2. The van der Waals surface area contributed by atoms with Crippen LogP contribution in [-0.2, 0) is 9.84 Å². The fourth-order valence-electron chi connectivity index (χ4n) is 0.983. The average molecular weight is 172 g/mol. The van der Waals surface area contributed by atoms with E-state index in [4.69, 9.17) is 0 Å². The van der Waals surface area contributed by atoms with Gasteiger partial charge in [-0.25, -0.2) is 8.42 Å². The van der Waals surface area contributed by atoms with Crippen LogP contribution in [-0.4, -0.2) is 19.4 Å². The largest absolute Gasteiger partial charge is 0.228 e.